The largest absolute Gasteiger partial charge is 0.436 e. The van der Waals surface area contributed by atoms with Gasteiger partial charge in [0.05, 0.1) is 49.9 Å². The van der Waals surface area contributed by atoms with Crippen molar-refractivity contribution in [2.24, 2.45) is 0 Å². The first kappa shape index (κ1) is 58.4. The Morgan fingerprint density at radius 1 is 0.342 bits per heavy atom. The molecule has 0 aliphatic rings. The predicted molar refractivity (Wildman–Crippen MR) is 227 cm³/mol. The molecule has 76 heavy (non-hydrogen) atoms. The van der Waals surface area contributed by atoms with Gasteiger partial charge in [0, 0.05) is 5.56 Å². The van der Waals surface area contributed by atoms with Gasteiger partial charge in [-0.15, -0.1) is 0 Å². The zero-order valence-electron chi connectivity index (χ0n) is 37.0. The van der Waals surface area contributed by atoms with E-state index in [4.69, 9.17) is 4.74 Å². The average molecular weight is 1130 g/mol. The van der Waals surface area contributed by atoms with Gasteiger partial charge in [0.1, 0.15) is 11.9 Å². The Morgan fingerprint density at radius 3 is 0.842 bits per heavy atom. The number of hydrogen-bond acceptors (Lipinski definition) is 2. The molecule has 0 saturated heterocycles. The van der Waals surface area contributed by atoms with Crippen LogP contribution in [0.4, 0.5) is 105 Å². The van der Waals surface area contributed by atoms with Crippen LogP contribution in [-0.4, -0.2) is 6.15 Å². The van der Waals surface area contributed by atoms with Crippen molar-refractivity contribution >= 4 is 39.3 Å². The van der Waals surface area contributed by atoms with Crippen LogP contribution in [0.25, 0.3) is 0 Å². The number of para-hydroxylation sites is 1. The summed E-state index contributed by atoms with van der Waals surface area (Å²) in [5, 5.41) is 2.94. The van der Waals surface area contributed by atoms with Gasteiger partial charge in [0.15, 0.2) is 12.7 Å². The SMILES string of the molecule is FC(F)(F)c1cc([B-](c2cc(C(F)(F)F)cc(C(F)(F)F)c2)(c2cc(C(F)(F)F)cc(C(F)(F)F)c2)c2cc(C(F)(F)F)cc(C(F)(F)F)c2)cc(C(F)(F)F)c1.c1ccc(C[n+]2ccsc2Oc2ccccc2)cc1. The highest BCUT2D eigenvalue weighted by atomic mass is 32.1. The smallest absolute Gasteiger partial charge is 0.397 e. The average Bonchev–Trinajstić information content (AvgIpc) is 3.73. The fraction of sp³-hybridized carbons (Fsp3) is 0.188. The maximum Gasteiger partial charge on any atom is 0.436 e. The van der Waals surface area contributed by atoms with Gasteiger partial charge >= 0.3 is 54.6 Å². The second-order valence-electron chi connectivity index (χ2n) is 16.4. The second-order valence-corrected chi connectivity index (χ2v) is 17.3. The number of halogens is 24. The highest BCUT2D eigenvalue weighted by Gasteiger charge is 2.47. The molecule has 0 fully saturated rings. The number of hydrogen-bond donors (Lipinski definition) is 0. The maximum absolute atomic E-state index is 14.2. The molecule has 406 valence electrons. The van der Waals surface area contributed by atoms with E-state index < -0.39 is 195 Å². The summed E-state index contributed by atoms with van der Waals surface area (Å²) in [6.07, 6.45) is -52.8. The molecular formula is C48H26BF24NOS. The van der Waals surface area contributed by atoms with Crippen LogP contribution in [0.1, 0.15) is 50.1 Å². The van der Waals surface area contributed by atoms with Crippen LogP contribution >= 0.6 is 11.3 Å². The van der Waals surface area contributed by atoms with Crippen molar-refractivity contribution in [3.8, 4) is 10.9 Å². The Kier molecular flexibility index (Phi) is 15.8. The van der Waals surface area contributed by atoms with Gasteiger partial charge in [0.2, 0.25) is 0 Å². The molecule has 0 aliphatic heterocycles. The lowest BCUT2D eigenvalue weighted by molar-refractivity contribution is -0.687. The lowest BCUT2D eigenvalue weighted by atomic mass is 9.12. The first-order chi connectivity index (χ1) is 34.7. The van der Waals surface area contributed by atoms with Gasteiger partial charge < -0.3 is 4.74 Å². The van der Waals surface area contributed by atoms with E-state index in [1.54, 1.807) is 11.3 Å². The Labute approximate surface area is 415 Å². The van der Waals surface area contributed by atoms with Crippen LogP contribution < -0.4 is 31.2 Å². The van der Waals surface area contributed by atoms with Crippen molar-refractivity contribution in [3.63, 3.8) is 0 Å². The number of benzene rings is 6. The van der Waals surface area contributed by atoms with E-state index in [9.17, 15) is 105 Å². The number of ether oxygens (including phenoxy) is 1. The minimum atomic E-state index is -6.13. The number of aromatic nitrogens is 1. The molecule has 7 rings (SSSR count). The zero-order valence-corrected chi connectivity index (χ0v) is 37.8. The summed E-state index contributed by atoms with van der Waals surface area (Å²) in [5.41, 5.74) is -28.9. The van der Waals surface area contributed by atoms with Crippen LogP contribution in [-0.2, 0) is 56.0 Å². The van der Waals surface area contributed by atoms with Crippen LogP contribution in [0, 0.1) is 0 Å². The van der Waals surface area contributed by atoms with Gasteiger partial charge in [-0.05, 0) is 47.7 Å². The van der Waals surface area contributed by atoms with Crippen LogP contribution in [0.3, 0.4) is 0 Å². The fourth-order valence-corrected chi connectivity index (χ4v) is 8.66. The van der Waals surface area contributed by atoms with E-state index in [2.05, 4.69) is 35.0 Å². The third-order valence-electron chi connectivity index (χ3n) is 11.2. The Balaban J connectivity index is 0.000000408. The molecule has 0 unspecified atom stereocenters. The predicted octanol–water partition coefficient (Wildman–Crippen LogP) is 15.1. The number of alkyl halides is 24. The Hall–Kier alpha value is -6.87. The topological polar surface area (TPSA) is 13.1 Å². The molecule has 0 amide bonds. The quantitative estimate of drug-likeness (QED) is 0.0840. The van der Waals surface area contributed by atoms with Gasteiger partial charge in [-0.2, -0.15) is 132 Å². The molecule has 0 N–H and O–H groups in total. The van der Waals surface area contributed by atoms with Crippen LogP contribution in [0.2, 0.25) is 0 Å². The minimum Gasteiger partial charge on any atom is -0.397 e. The van der Waals surface area contributed by atoms with Gasteiger partial charge in [0.25, 0.3) is 0 Å². The maximum atomic E-state index is 14.2. The van der Waals surface area contributed by atoms with E-state index in [0.717, 1.165) is 17.5 Å². The summed E-state index contributed by atoms with van der Waals surface area (Å²) in [6, 6.07) is 11.4. The molecule has 0 saturated carbocycles. The molecule has 6 aromatic carbocycles. The molecule has 0 spiro atoms. The van der Waals surface area contributed by atoms with Crippen molar-refractivity contribution in [1.29, 1.82) is 0 Å². The minimum absolute atomic E-state index is 0.691. The highest BCUT2D eigenvalue weighted by Crippen LogP contribution is 2.41. The monoisotopic (exact) mass is 1130 g/mol. The van der Waals surface area contributed by atoms with E-state index in [-0.39, 0.29) is 0 Å². The lowest BCUT2D eigenvalue weighted by Gasteiger charge is -2.46. The number of nitrogens with zero attached hydrogens (tertiary/aromatic N) is 1. The summed E-state index contributed by atoms with van der Waals surface area (Å²) in [5.74, 6) is 0.867. The molecule has 0 radical (unpaired) electrons. The normalized spacial score (nSPS) is 13.3. The van der Waals surface area contributed by atoms with Crippen molar-refractivity contribution in [2.45, 2.75) is 56.0 Å². The summed E-state index contributed by atoms with van der Waals surface area (Å²) in [4.78, 5) is 0. The van der Waals surface area contributed by atoms with E-state index in [1.165, 1.54) is 5.56 Å². The summed E-state index contributed by atoms with van der Waals surface area (Å²) < 4.78 is 349. The molecule has 7 aromatic rings. The molecule has 1 aromatic heterocycles. The molecule has 0 aliphatic carbocycles. The standard InChI is InChI=1S/C32H12BF24.C16H14NOS/c34-25(35,36)13-1-14(26(37,38)39)6-21(5-13)33(22-7-15(27(40,41)42)2-16(8-22)28(43,44)45,23-9-17(29(46,47)48)3-18(10-23)30(49,50)51)24-11-19(31(52,53)54)4-20(12-24)32(55,56)57;1-3-7-14(8-4-1)13-17-11-12-19-16(17)18-15-9-5-2-6-10-15/h1-12H;1-12H,13H2/q-1;+1. The zero-order chi connectivity index (χ0) is 56.8. The Morgan fingerprint density at radius 2 is 0.592 bits per heavy atom. The van der Waals surface area contributed by atoms with Crippen LogP contribution in [0.15, 0.2) is 145 Å². The third-order valence-corrected chi connectivity index (χ3v) is 12.0. The highest BCUT2D eigenvalue weighted by molar-refractivity contribution is 7.20. The second kappa shape index (κ2) is 20.6. The van der Waals surface area contributed by atoms with Gasteiger partial charge in [-0.1, -0.05) is 97.1 Å². The van der Waals surface area contributed by atoms with Crippen molar-refractivity contribution in [1.82, 2.24) is 0 Å². The number of rotatable bonds is 8. The van der Waals surface area contributed by atoms with E-state index in [0.29, 0.717) is 0 Å². The first-order valence-corrected chi connectivity index (χ1v) is 21.7. The van der Waals surface area contributed by atoms with Crippen molar-refractivity contribution in [2.75, 3.05) is 0 Å². The number of thiazole rings is 1. The first-order valence-electron chi connectivity index (χ1n) is 20.8. The summed E-state index contributed by atoms with van der Waals surface area (Å²) >= 11 is 1.60. The molecule has 2 nitrogen and oxygen atoms in total. The molecule has 0 bridgehead atoms. The van der Waals surface area contributed by atoms with Crippen molar-refractivity contribution < 1.29 is 115 Å². The fourth-order valence-electron chi connectivity index (χ4n) is 7.93. The molecule has 1 heterocycles. The van der Waals surface area contributed by atoms with Crippen LogP contribution in [0.5, 0.6) is 10.9 Å². The van der Waals surface area contributed by atoms with Gasteiger partial charge in [-0.25, -0.2) is 0 Å². The molecule has 0 atom stereocenters. The van der Waals surface area contributed by atoms with E-state index in [1.807, 2.05) is 41.8 Å². The van der Waals surface area contributed by atoms with Crippen molar-refractivity contribution in [3.05, 3.63) is 195 Å². The molecule has 28 heteroatoms. The van der Waals surface area contributed by atoms with Gasteiger partial charge in [-0.3, -0.25) is 0 Å². The lowest BCUT2D eigenvalue weighted by Crippen LogP contribution is -2.75. The Bertz CT molecular complexity index is 2650. The summed E-state index contributed by atoms with van der Waals surface area (Å²) in [6.45, 7) is 0.826. The summed E-state index contributed by atoms with van der Waals surface area (Å²) in [7, 11) is 0. The molecular weight excluding hydrogens is 1110 g/mol. The van der Waals surface area contributed by atoms with E-state index >= 15 is 0 Å². The third kappa shape index (κ3) is 13.6.